The van der Waals surface area contributed by atoms with E-state index in [9.17, 15) is 14.4 Å². The molecule has 1 aromatic carbocycles. The summed E-state index contributed by atoms with van der Waals surface area (Å²) in [7, 11) is 3.22. The Morgan fingerprint density at radius 1 is 1.32 bits per heavy atom. The van der Waals surface area contributed by atoms with Crippen molar-refractivity contribution < 1.29 is 19.1 Å². The lowest BCUT2D eigenvalue weighted by molar-refractivity contribution is -0.133. The molecule has 0 bridgehead atoms. The molecule has 1 aliphatic rings. The van der Waals surface area contributed by atoms with Crippen LogP contribution in [-0.2, 0) is 14.4 Å². The third-order valence-corrected chi connectivity index (χ3v) is 3.36. The lowest BCUT2D eigenvalue weighted by Gasteiger charge is -2.33. The second kappa shape index (κ2) is 6.46. The summed E-state index contributed by atoms with van der Waals surface area (Å²) >= 11 is 0. The maximum Gasteiger partial charge on any atom is 0.263 e. The highest BCUT2D eigenvalue weighted by Crippen LogP contribution is 2.33. The highest BCUT2D eigenvalue weighted by atomic mass is 16.5. The molecule has 0 saturated carbocycles. The zero-order valence-electron chi connectivity index (χ0n) is 12.8. The van der Waals surface area contributed by atoms with E-state index in [-0.39, 0.29) is 24.9 Å². The molecule has 118 valence electrons. The van der Waals surface area contributed by atoms with Gasteiger partial charge in [-0.05, 0) is 12.1 Å². The standard InChI is InChI=1S/C15H19N3O4/c1-10(19)18-9-13(15(21)16-8-14(20)17(2)3)22-12-7-5-4-6-11(12)18/h4-7,13H,8-9H2,1-3H3,(H,16,21)/t13-/m1/s1. The van der Waals surface area contributed by atoms with E-state index in [1.165, 1.54) is 16.7 Å². The van der Waals surface area contributed by atoms with Crippen LogP contribution in [0.1, 0.15) is 6.92 Å². The molecule has 0 radical (unpaired) electrons. The van der Waals surface area contributed by atoms with Gasteiger partial charge in [0.1, 0.15) is 5.75 Å². The second-order valence-electron chi connectivity index (χ2n) is 5.21. The number of para-hydroxylation sites is 2. The van der Waals surface area contributed by atoms with Gasteiger partial charge in [0.25, 0.3) is 5.91 Å². The number of nitrogens with zero attached hydrogens (tertiary/aromatic N) is 2. The van der Waals surface area contributed by atoms with Crippen molar-refractivity contribution in [2.75, 3.05) is 32.1 Å². The number of likely N-dealkylation sites (N-methyl/N-ethyl adjacent to an activating group) is 1. The van der Waals surface area contributed by atoms with Gasteiger partial charge in [-0.3, -0.25) is 14.4 Å². The molecule has 7 heteroatoms. The molecule has 2 rings (SSSR count). The first-order valence-electron chi connectivity index (χ1n) is 6.92. The summed E-state index contributed by atoms with van der Waals surface area (Å²) in [6.07, 6.45) is -0.839. The van der Waals surface area contributed by atoms with E-state index < -0.39 is 12.0 Å². The Balaban J connectivity index is 2.09. The van der Waals surface area contributed by atoms with Crippen molar-refractivity contribution in [1.29, 1.82) is 0 Å². The van der Waals surface area contributed by atoms with Crippen molar-refractivity contribution in [3.63, 3.8) is 0 Å². The minimum Gasteiger partial charge on any atom is -0.477 e. The van der Waals surface area contributed by atoms with E-state index >= 15 is 0 Å². The van der Waals surface area contributed by atoms with Crippen LogP contribution < -0.4 is 15.0 Å². The van der Waals surface area contributed by atoms with Crippen molar-refractivity contribution in [2.45, 2.75) is 13.0 Å². The Hall–Kier alpha value is -2.57. The molecule has 0 aliphatic carbocycles. The molecule has 7 nitrogen and oxygen atoms in total. The van der Waals surface area contributed by atoms with Gasteiger partial charge >= 0.3 is 0 Å². The first-order chi connectivity index (χ1) is 10.4. The van der Waals surface area contributed by atoms with E-state index in [0.29, 0.717) is 11.4 Å². The van der Waals surface area contributed by atoms with E-state index in [4.69, 9.17) is 4.74 Å². The Bertz CT molecular complexity index is 600. The molecule has 22 heavy (non-hydrogen) atoms. The molecule has 0 spiro atoms. The molecule has 0 saturated heterocycles. The molecule has 0 unspecified atom stereocenters. The fourth-order valence-corrected chi connectivity index (χ4v) is 2.10. The fraction of sp³-hybridized carbons (Fsp3) is 0.400. The van der Waals surface area contributed by atoms with Crippen LogP contribution in [0.15, 0.2) is 24.3 Å². The SMILES string of the molecule is CC(=O)N1C[C@H](C(=O)NCC(=O)N(C)C)Oc2ccccc21. The summed E-state index contributed by atoms with van der Waals surface area (Å²) in [4.78, 5) is 38.3. The quantitative estimate of drug-likeness (QED) is 0.853. The largest absolute Gasteiger partial charge is 0.477 e. The number of carbonyl (C=O) groups is 3. The number of carbonyl (C=O) groups excluding carboxylic acids is 3. The highest BCUT2D eigenvalue weighted by molar-refractivity contribution is 5.96. The Kier molecular flexibility index (Phi) is 4.65. The van der Waals surface area contributed by atoms with Crippen molar-refractivity contribution in [1.82, 2.24) is 10.2 Å². The number of amides is 3. The third kappa shape index (κ3) is 3.36. The van der Waals surface area contributed by atoms with Gasteiger partial charge in [-0.1, -0.05) is 12.1 Å². The van der Waals surface area contributed by atoms with Crippen molar-refractivity contribution in [3.8, 4) is 5.75 Å². The van der Waals surface area contributed by atoms with Gasteiger partial charge in [0.15, 0.2) is 6.10 Å². The Morgan fingerprint density at radius 2 is 2.00 bits per heavy atom. The summed E-state index contributed by atoms with van der Waals surface area (Å²) in [6, 6.07) is 7.04. The highest BCUT2D eigenvalue weighted by Gasteiger charge is 2.32. The molecule has 0 aromatic heterocycles. The molecular formula is C15H19N3O4. The Labute approximate surface area is 128 Å². The number of hydrogen-bond donors (Lipinski definition) is 1. The van der Waals surface area contributed by atoms with Crippen LogP contribution in [0, 0.1) is 0 Å². The van der Waals surface area contributed by atoms with Gasteiger partial charge in [0.2, 0.25) is 11.8 Å². The number of rotatable bonds is 3. The molecule has 1 aliphatic heterocycles. The monoisotopic (exact) mass is 305 g/mol. The zero-order valence-corrected chi connectivity index (χ0v) is 12.8. The predicted molar refractivity (Wildman–Crippen MR) is 80.6 cm³/mol. The lowest BCUT2D eigenvalue weighted by Crippen LogP contribution is -2.51. The maximum atomic E-state index is 12.2. The number of nitrogens with one attached hydrogen (secondary N) is 1. The molecule has 0 fully saturated rings. The molecule has 1 aromatic rings. The zero-order chi connectivity index (χ0) is 16.3. The van der Waals surface area contributed by atoms with Gasteiger partial charge in [-0.25, -0.2) is 0 Å². The average molecular weight is 305 g/mol. The molecule has 3 amide bonds. The number of fused-ring (bicyclic) bond motifs is 1. The summed E-state index contributed by atoms with van der Waals surface area (Å²) in [5.74, 6) is -0.329. The van der Waals surface area contributed by atoms with Crippen molar-refractivity contribution in [3.05, 3.63) is 24.3 Å². The Morgan fingerprint density at radius 3 is 2.64 bits per heavy atom. The maximum absolute atomic E-state index is 12.2. The second-order valence-corrected chi connectivity index (χ2v) is 5.21. The van der Waals surface area contributed by atoms with Crippen LogP contribution in [0.3, 0.4) is 0 Å². The smallest absolute Gasteiger partial charge is 0.263 e. The lowest BCUT2D eigenvalue weighted by atomic mass is 10.1. The van der Waals surface area contributed by atoms with Crippen molar-refractivity contribution in [2.24, 2.45) is 0 Å². The first-order valence-corrected chi connectivity index (χ1v) is 6.92. The minimum absolute atomic E-state index is 0.104. The van der Waals surface area contributed by atoms with Crippen LogP contribution >= 0.6 is 0 Å². The molecule has 1 atom stereocenters. The summed E-state index contributed by atoms with van der Waals surface area (Å²) in [5.41, 5.74) is 0.642. The van der Waals surface area contributed by atoms with Crippen LogP contribution in [0.4, 0.5) is 5.69 Å². The fourth-order valence-electron chi connectivity index (χ4n) is 2.10. The summed E-state index contributed by atoms with van der Waals surface area (Å²) < 4.78 is 5.64. The minimum atomic E-state index is -0.839. The van der Waals surface area contributed by atoms with Crippen LogP contribution in [0.25, 0.3) is 0 Å². The van der Waals surface area contributed by atoms with Crippen LogP contribution in [-0.4, -0.2) is 55.9 Å². The van der Waals surface area contributed by atoms with E-state index in [2.05, 4.69) is 5.32 Å². The number of anilines is 1. The summed E-state index contributed by atoms with van der Waals surface area (Å²) in [6.45, 7) is 1.45. The predicted octanol–water partition coefficient (Wildman–Crippen LogP) is 0.00490. The van der Waals surface area contributed by atoms with E-state index in [0.717, 1.165) is 0 Å². The van der Waals surface area contributed by atoms with Gasteiger partial charge in [0, 0.05) is 21.0 Å². The average Bonchev–Trinajstić information content (AvgIpc) is 2.50. The van der Waals surface area contributed by atoms with Crippen molar-refractivity contribution >= 4 is 23.4 Å². The first kappa shape index (κ1) is 15.8. The number of ether oxygens (including phenoxy) is 1. The van der Waals surface area contributed by atoms with Gasteiger partial charge in [-0.15, -0.1) is 0 Å². The molecule has 1 heterocycles. The van der Waals surface area contributed by atoms with Crippen LogP contribution in [0.2, 0.25) is 0 Å². The summed E-state index contributed by atoms with van der Waals surface area (Å²) in [5, 5.41) is 2.53. The molecule has 1 N–H and O–H groups in total. The van der Waals surface area contributed by atoms with Gasteiger partial charge in [-0.2, -0.15) is 0 Å². The van der Waals surface area contributed by atoms with Gasteiger partial charge < -0.3 is 19.9 Å². The number of benzene rings is 1. The van der Waals surface area contributed by atoms with E-state index in [1.54, 1.807) is 38.4 Å². The number of hydrogen-bond acceptors (Lipinski definition) is 4. The van der Waals surface area contributed by atoms with E-state index in [1.807, 2.05) is 0 Å². The van der Waals surface area contributed by atoms with Crippen LogP contribution in [0.5, 0.6) is 5.75 Å². The third-order valence-electron chi connectivity index (χ3n) is 3.36. The molecular weight excluding hydrogens is 286 g/mol. The topological polar surface area (TPSA) is 79.0 Å². The normalized spacial score (nSPS) is 16.3. The van der Waals surface area contributed by atoms with Gasteiger partial charge in [0.05, 0.1) is 18.8 Å².